The highest BCUT2D eigenvalue weighted by atomic mass is 35.5. The Morgan fingerprint density at radius 3 is 2.27 bits per heavy atom. The molecule has 158 valence electrons. The number of likely N-dealkylation sites (tertiary alicyclic amines) is 2. The molecule has 5 nitrogen and oxygen atoms in total. The molecule has 2 fully saturated rings. The van der Waals surface area contributed by atoms with Crippen LogP contribution in [-0.4, -0.2) is 47.9 Å². The van der Waals surface area contributed by atoms with Gasteiger partial charge in [0.05, 0.1) is 5.92 Å². The number of urea groups is 1. The van der Waals surface area contributed by atoms with Crippen LogP contribution >= 0.6 is 11.6 Å². The van der Waals surface area contributed by atoms with Crippen LogP contribution in [0.1, 0.15) is 37.2 Å². The van der Waals surface area contributed by atoms with Crippen molar-refractivity contribution in [1.29, 1.82) is 0 Å². The van der Waals surface area contributed by atoms with Crippen LogP contribution in [0.4, 0.5) is 10.5 Å². The van der Waals surface area contributed by atoms with Gasteiger partial charge < -0.3 is 15.1 Å². The first-order valence-corrected chi connectivity index (χ1v) is 11.1. The number of amides is 3. The summed E-state index contributed by atoms with van der Waals surface area (Å²) in [5, 5.41) is 3.54. The van der Waals surface area contributed by atoms with Crippen LogP contribution in [0, 0.1) is 5.92 Å². The van der Waals surface area contributed by atoms with Crippen LogP contribution in [0.5, 0.6) is 0 Å². The van der Waals surface area contributed by atoms with E-state index in [0.29, 0.717) is 29.7 Å². The zero-order valence-corrected chi connectivity index (χ0v) is 17.9. The van der Waals surface area contributed by atoms with Crippen molar-refractivity contribution in [3.63, 3.8) is 0 Å². The lowest BCUT2D eigenvalue weighted by Gasteiger charge is -2.38. The predicted molar refractivity (Wildman–Crippen MR) is 120 cm³/mol. The van der Waals surface area contributed by atoms with Crippen LogP contribution in [-0.2, 0) is 4.79 Å². The summed E-state index contributed by atoms with van der Waals surface area (Å²) in [6.45, 7) is 2.76. The number of benzene rings is 2. The third kappa shape index (κ3) is 4.96. The highest BCUT2D eigenvalue weighted by Crippen LogP contribution is 2.29. The second-order valence-corrected chi connectivity index (χ2v) is 8.67. The second kappa shape index (κ2) is 9.52. The molecule has 30 heavy (non-hydrogen) atoms. The number of carbonyl (C=O) groups is 2. The van der Waals surface area contributed by atoms with Gasteiger partial charge in [-0.25, -0.2) is 4.79 Å². The highest BCUT2D eigenvalue weighted by Gasteiger charge is 2.33. The number of anilines is 1. The van der Waals surface area contributed by atoms with E-state index >= 15 is 0 Å². The van der Waals surface area contributed by atoms with Crippen LogP contribution < -0.4 is 5.32 Å². The van der Waals surface area contributed by atoms with E-state index in [1.165, 1.54) is 5.56 Å². The van der Waals surface area contributed by atoms with E-state index in [4.69, 9.17) is 11.6 Å². The zero-order valence-electron chi connectivity index (χ0n) is 17.1. The van der Waals surface area contributed by atoms with Gasteiger partial charge in [-0.2, -0.15) is 0 Å². The highest BCUT2D eigenvalue weighted by molar-refractivity contribution is 6.30. The fourth-order valence-electron chi connectivity index (χ4n) is 4.52. The third-order valence-corrected chi connectivity index (χ3v) is 6.48. The van der Waals surface area contributed by atoms with E-state index in [-0.39, 0.29) is 17.9 Å². The minimum Gasteiger partial charge on any atom is -0.342 e. The van der Waals surface area contributed by atoms with Crippen LogP contribution in [0.2, 0.25) is 5.02 Å². The van der Waals surface area contributed by atoms with Gasteiger partial charge in [-0.1, -0.05) is 41.9 Å². The van der Waals surface area contributed by atoms with Gasteiger partial charge in [-0.3, -0.25) is 4.79 Å². The van der Waals surface area contributed by atoms with Gasteiger partial charge >= 0.3 is 6.03 Å². The lowest BCUT2D eigenvalue weighted by molar-refractivity contribution is -0.138. The molecule has 1 atom stereocenters. The van der Waals surface area contributed by atoms with E-state index < -0.39 is 0 Å². The van der Waals surface area contributed by atoms with Crippen molar-refractivity contribution in [2.24, 2.45) is 5.92 Å². The smallest absolute Gasteiger partial charge is 0.321 e. The minimum atomic E-state index is -0.155. The summed E-state index contributed by atoms with van der Waals surface area (Å²) in [6.07, 6.45) is 3.71. The average molecular weight is 426 g/mol. The van der Waals surface area contributed by atoms with E-state index in [9.17, 15) is 9.59 Å². The first-order chi connectivity index (χ1) is 14.6. The van der Waals surface area contributed by atoms with Gasteiger partial charge in [-0.05, 0) is 61.4 Å². The summed E-state index contributed by atoms with van der Waals surface area (Å²) in [5.41, 5.74) is 2.08. The maximum Gasteiger partial charge on any atom is 0.321 e. The second-order valence-electron chi connectivity index (χ2n) is 8.23. The van der Waals surface area contributed by atoms with Gasteiger partial charge in [0.1, 0.15) is 0 Å². The van der Waals surface area contributed by atoms with Gasteiger partial charge in [0.2, 0.25) is 5.91 Å². The molecule has 2 heterocycles. The summed E-state index contributed by atoms with van der Waals surface area (Å²) in [4.78, 5) is 29.5. The first-order valence-electron chi connectivity index (χ1n) is 10.8. The van der Waals surface area contributed by atoms with Crippen LogP contribution in [0.3, 0.4) is 0 Å². The molecule has 0 aliphatic carbocycles. The number of hydrogen-bond donors (Lipinski definition) is 1. The Kier molecular flexibility index (Phi) is 6.58. The summed E-state index contributed by atoms with van der Waals surface area (Å²) >= 11 is 5.90. The largest absolute Gasteiger partial charge is 0.342 e. The van der Waals surface area contributed by atoms with Gasteiger partial charge in [0, 0.05) is 36.9 Å². The van der Waals surface area contributed by atoms with Gasteiger partial charge in [0.15, 0.2) is 0 Å². The maximum atomic E-state index is 13.1. The molecule has 0 spiro atoms. The zero-order chi connectivity index (χ0) is 20.9. The van der Waals surface area contributed by atoms with E-state index in [1.54, 1.807) is 29.2 Å². The van der Waals surface area contributed by atoms with Crippen LogP contribution in [0.25, 0.3) is 0 Å². The molecule has 0 aromatic heterocycles. The molecule has 2 aliphatic heterocycles. The molecule has 2 aromatic carbocycles. The number of nitrogens with one attached hydrogen (secondary N) is 1. The molecule has 0 bridgehead atoms. The normalized spacial score (nSPS) is 20.1. The molecule has 6 heteroatoms. The Morgan fingerprint density at radius 1 is 0.867 bits per heavy atom. The Balaban J connectivity index is 1.30. The molecule has 2 aromatic rings. The molecule has 1 unspecified atom stereocenters. The number of piperidine rings is 2. The lowest BCUT2D eigenvalue weighted by atomic mass is 9.88. The Bertz CT molecular complexity index is 864. The molecular formula is C24H28ClN3O2. The minimum absolute atomic E-state index is 0.108. The van der Waals surface area contributed by atoms with Crippen molar-refractivity contribution in [2.75, 3.05) is 31.5 Å². The SMILES string of the molecule is O=C(Nc1ccc(Cl)cc1)N1CCCC(C(=O)N2CCC(c3ccccc3)CC2)C1. The summed E-state index contributed by atoms with van der Waals surface area (Å²) < 4.78 is 0. The summed E-state index contributed by atoms with van der Waals surface area (Å²) in [7, 11) is 0. The van der Waals surface area contributed by atoms with E-state index in [1.807, 2.05) is 11.0 Å². The molecular weight excluding hydrogens is 398 g/mol. The maximum absolute atomic E-state index is 13.1. The predicted octanol–water partition coefficient (Wildman–Crippen LogP) is 4.99. The topological polar surface area (TPSA) is 52.7 Å². The number of halogens is 1. The van der Waals surface area contributed by atoms with Crippen molar-refractivity contribution in [1.82, 2.24) is 9.80 Å². The number of hydrogen-bond acceptors (Lipinski definition) is 2. The first kappa shape index (κ1) is 20.7. The summed E-state index contributed by atoms with van der Waals surface area (Å²) in [5.74, 6) is 0.622. The average Bonchev–Trinajstić information content (AvgIpc) is 2.81. The molecule has 0 saturated carbocycles. The van der Waals surface area contributed by atoms with Gasteiger partial charge in [0.25, 0.3) is 0 Å². The van der Waals surface area contributed by atoms with Crippen LogP contribution in [0.15, 0.2) is 54.6 Å². The van der Waals surface area contributed by atoms with Crippen molar-refractivity contribution in [2.45, 2.75) is 31.6 Å². The fourth-order valence-corrected chi connectivity index (χ4v) is 4.64. The fraction of sp³-hybridized carbons (Fsp3) is 0.417. The molecule has 4 rings (SSSR count). The Labute approximate surface area is 183 Å². The third-order valence-electron chi connectivity index (χ3n) is 6.23. The molecule has 2 saturated heterocycles. The molecule has 2 aliphatic rings. The number of carbonyl (C=O) groups excluding carboxylic acids is 2. The lowest BCUT2D eigenvalue weighted by Crippen LogP contribution is -2.49. The molecule has 1 N–H and O–H groups in total. The monoisotopic (exact) mass is 425 g/mol. The van der Waals surface area contributed by atoms with Crippen molar-refractivity contribution in [3.05, 3.63) is 65.2 Å². The van der Waals surface area contributed by atoms with Gasteiger partial charge in [-0.15, -0.1) is 0 Å². The molecule has 0 radical (unpaired) electrons. The number of nitrogens with zero attached hydrogens (tertiary/aromatic N) is 2. The molecule has 3 amide bonds. The standard InChI is InChI=1S/C24H28ClN3O2/c25-21-8-10-22(11-9-21)26-24(30)28-14-4-7-20(17-28)23(29)27-15-12-19(13-16-27)18-5-2-1-3-6-18/h1-3,5-6,8-11,19-20H,4,7,12-17H2,(H,26,30). The Hall–Kier alpha value is -2.53. The van der Waals surface area contributed by atoms with E-state index in [0.717, 1.165) is 38.8 Å². The quantitative estimate of drug-likeness (QED) is 0.753. The van der Waals surface area contributed by atoms with E-state index in [2.05, 4.69) is 29.6 Å². The van der Waals surface area contributed by atoms with Crippen molar-refractivity contribution >= 4 is 29.2 Å². The van der Waals surface area contributed by atoms with Crippen molar-refractivity contribution < 1.29 is 9.59 Å². The van der Waals surface area contributed by atoms with Crippen molar-refractivity contribution in [3.8, 4) is 0 Å². The Morgan fingerprint density at radius 2 is 1.57 bits per heavy atom. The summed E-state index contributed by atoms with van der Waals surface area (Å²) in [6, 6.07) is 17.5. The number of rotatable bonds is 3.